The second-order valence-electron chi connectivity index (χ2n) is 11.6. The van der Waals surface area contributed by atoms with Gasteiger partial charge in [-0.15, -0.1) is 0 Å². The number of aryl methyl sites for hydroxylation is 2. The van der Waals surface area contributed by atoms with E-state index in [9.17, 15) is 18.0 Å². The van der Waals surface area contributed by atoms with Crippen molar-refractivity contribution in [3.63, 3.8) is 0 Å². The summed E-state index contributed by atoms with van der Waals surface area (Å²) in [6.07, 6.45) is 10.3. The van der Waals surface area contributed by atoms with Gasteiger partial charge < -0.3 is 9.80 Å². The van der Waals surface area contributed by atoms with Gasteiger partial charge in [0.25, 0.3) is 10.0 Å². The molecule has 2 aromatic rings. The van der Waals surface area contributed by atoms with Crippen molar-refractivity contribution in [1.29, 1.82) is 0 Å². The topological polar surface area (TPSA) is 86.8 Å². The number of likely N-dealkylation sites (tertiary alicyclic amines) is 2. The molecular weight excluding hydrogens is 558 g/mol. The van der Waals surface area contributed by atoms with Crippen LogP contribution in [0.3, 0.4) is 0 Å². The molecule has 1 N–H and O–H groups in total. The predicted octanol–water partition coefficient (Wildman–Crippen LogP) is 6.82. The maximum atomic E-state index is 13.9. The highest BCUT2D eigenvalue weighted by molar-refractivity contribution is 7.92. The van der Waals surface area contributed by atoms with Gasteiger partial charge in [-0.1, -0.05) is 49.4 Å². The Morgan fingerprint density at radius 3 is 2.10 bits per heavy atom. The van der Waals surface area contributed by atoms with Crippen molar-refractivity contribution in [2.24, 2.45) is 0 Å². The number of nitrogens with one attached hydrogen (secondary N) is 1. The molecule has 1 unspecified atom stereocenters. The number of anilines is 1. The maximum absolute atomic E-state index is 13.9. The minimum atomic E-state index is -3.87. The number of benzene rings is 2. The van der Waals surface area contributed by atoms with E-state index in [1.54, 1.807) is 44.2 Å². The fraction of sp³-hybridized carbons (Fsp3) is 0.562. The molecule has 2 fully saturated rings. The number of carbonyl (C=O) groups excluding carboxylic acids is 2. The Balaban J connectivity index is 1.53. The van der Waals surface area contributed by atoms with Crippen molar-refractivity contribution in [3.8, 4) is 0 Å². The molecule has 0 aliphatic carbocycles. The predicted molar refractivity (Wildman–Crippen MR) is 165 cm³/mol. The lowest BCUT2D eigenvalue weighted by molar-refractivity contribution is -0.134. The molecule has 0 radical (unpaired) electrons. The van der Waals surface area contributed by atoms with Crippen molar-refractivity contribution < 1.29 is 18.0 Å². The van der Waals surface area contributed by atoms with Crippen molar-refractivity contribution in [1.82, 2.24) is 9.80 Å². The first-order valence-electron chi connectivity index (χ1n) is 15.1. The minimum Gasteiger partial charge on any atom is -0.343 e. The van der Waals surface area contributed by atoms with Gasteiger partial charge in [0.05, 0.1) is 10.8 Å². The van der Waals surface area contributed by atoms with E-state index in [4.69, 9.17) is 11.6 Å². The summed E-state index contributed by atoms with van der Waals surface area (Å²) in [6, 6.07) is 10.4. The van der Waals surface area contributed by atoms with Gasteiger partial charge in [0.2, 0.25) is 11.8 Å². The monoisotopic (exact) mass is 601 g/mol. The molecule has 0 aromatic heterocycles. The van der Waals surface area contributed by atoms with E-state index in [1.165, 1.54) is 12.8 Å². The molecule has 0 bridgehead atoms. The Bertz CT molecular complexity index is 1310. The molecule has 1 atom stereocenters. The standard InChI is InChI=1S/C32H44ClN3O4S/c1-24-22-30(25(2)21-29(24)33)41(39,40)34-27-14-11-13-26(23-27)28(32(38)36-19-9-5-6-10-20-36)15-12-16-31(37)35-17-7-3-4-8-18-35/h11,13-14,21-23,28,34H,3-10,12,15-20H2,1-2H3. The third-order valence-electron chi connectivity index (χ3n) is 8.34. The number of hydrogen-bond donors (Lipinski definition) is 1. The second-order valence-corrected chi connectivity index (χ2v) is 13.6. The van der Waals surface area contributed by atoms with Gasteiger partial charge >= 0.3 is 0 Å². The molecule has 2 heterocycles. The highest BCUT2D eigenvalue weighted by Crippen LogP contribution is 2.30. The summed E-state index contributed by atoms with van der Waals surface area (Å²) in [6.45, 7) is 6.62. The summed E-state index contributed by atoms with van der Waals surface area (Å²) < 4.78 is 29.4. The van der Waals surface area contributed by atoms with Gasteiger partial charge in [-0.05, 0) is 93.3 Å². The van der Waals surface area contributed by atoms with Crippen LogP contribution in [-0.2, 0) is 19.6 Å². The number of sulfonamides is 1. The highest BCUT2D eigenvalue weighted by atomic mass is 35.5. The Labute approximate surface area is 250 Å². The van der Waals surface area contributed by atoms with Crippen molar-refractivity contribution in [3.05, 3.63) is 58.1 Å². The number of halogens is 1. The van der Waals surface area contributed by atoms with Gasteiger partial charge in [-0.2, -0.15) is 0 Å². The van der Waals surface area contributed by atoms with Crippen LogP contribution in [0.25, 0.3) is 0 Å². The average molecular weight is 602 g/mol. The van der Waals surface area contributed by atoms with E-state index in [0.29, 0.717) is 41.1 Å². The molecule has 0 spiro atoms. The van der Waals surface area contributed by atoms with E-state index in [1.807, 2.05) is 15.9 Å². The summed E-state index contributed by atoms with van der Waals surface area (Å²) >= 11 is 6.19. The average Bonchev–Trinajstić information content (AvgIpc) is 3.38. The summed E-state index contributed by atoms with van der Waals surface area (Å²) in [5.41, 5.74) is 2.42. The zero-order valence-corrected chi connectivity index (χ0v) is 26.0. The van der Waals surface area contributed by atoms with Gasteiger partial charge in [0.15, 0.2) is 0 Å². The Kier molecular flexibility index (Phi) is 11.1. The minimum absolute atomic E-state index is 0.0679. The lowest BCUT2D eigenvalue weighted by atomic mass is 9.91. The molecule has 7 nitrogen and oxygen atoms in total. The molecule has 2 amide bonds. The van der Waals surface area contributed by atoms with Crippen LogP contribution in [0.15, 0.2) is 41.3 Å². The zero-order valence-electron chi connectivity index (χ0n) is 24.5. The molecule has 224 valence electrons. The van der Waals surface area contributed by atoms with Gasteiger partial charge in [0.1, 0.15) is 0 Å². The molecular formula is C32H44ClN3O4S. The first-order chi connectivity index (χ1) is 19.7. The molecule has 4 rings (SSSR count). The largest absolute Gasteiger partial charge is 0.343 e. The molecule has 2 aromatic carbocycles. The van der Waals surface area contributed by atoms with Crippen molar-refractivity contribution in [2.75, 3.05) is 30.9 Å². The first-order valence-corrected chi connectivity index (χ1v) is 17.0. The van der Waals surface area contributed by atoms with Crippen LogP contribution in [0, 0.1) is 13.8 Å². The number of hydrogen-bond acceptors (Lipinski definition) is 4. The van der Waals surface area contributed by atoms with Gasteiger partial charge in [-0.3, -0.25) is 14.3 Å². The SMILES string of the molecule is Cc1cc(S(=O)(=O)Nc2cccc(C(CCCC(=O)N3CCCCCC3)C(=O)N3CCCCCC3)c2)c(C)cc1Cl. The molecule has 2 aliphatic heterocycles. The smallest absolute Gasteiger partial charge is 0.262 e. The second kappa shape index (κ2) is 14.5. The first kappa shape index (κ1) is 31.4. The zero-order chi connectivity index (χ0) is 29.4. The molecule has 0 saturated carbocycles. The fourth-order valence-electron chi connectivity index (χ4n) is 5.95. The van der Waals surface area contributed by atoms with Crippen LogP contribution < -0.4 is 4.72 Å². The van der Waals surface area contributed by atoms with Crippen molar-refractivity contribution >= 4 is 39.1 Å². The van der Waals surface area contributed by atoms with E-state index in [-0.39, 0.29) is 16.7 Å². The summed E-state index contributed by atoms with van der Waals surface area (Å²) in [5, 5.41) is 0.521. The van der Waals surface area contributed by atoms with E-state index >= 15 is 0 Å². The number of carbonyl (C=O) groups is 2. The molecule has 9 heteroatoms. The lowest BCUT2D eigenvalue weighted by Gasteiger charge is -2.27. The molecule has 2 saturated heterocycles. The molecule has 2 aliphatic rings. The normalized spacial score (nSPS) is 17.4. The quantitative estimate of drug-likeness (QED) is 0.342. The van der Waals surface area contributed by atoms with Crippen LogP contribution in [0.2, 0.25) is 5.02 Å². The lowest BCUT2D eigenvalue weighted by Crippen LogP contribution is -2.36. The van der Waals surface area contributed by atoms with Gasteiger partial charge in [-0.25, -0.2) is 8.42 Å². The van der Waals surface area contributed by atoms with E-state index in [0.717, 1.165) is 70.3 Å². The Hall–Kier alpha value is -2.58. The van der Waals surface area contributed by atoms with Crippen molar-refractivity contribution in [2.45, 2.75) is 95.3 Å². The van der Waals surface area contributed by atoms with E-state index in [2.05, 4.69) is 4.72 Å². The van der Waals surface area contributed by atoms with Crippen LogP contribution in [0.5, 0.6) is 0 Å². The highest BCUT2D eigenvalue weighted by Gasteiger charge is 2.28. The third-order valence-corrected chi connectivity index (χ3v) is 10.3. The van der Waals surface area contributed by atoms with Crippen LogP contribution in [-0.4, -0.2) is 56.2 Å². The third kappa shape index (κ3) is 8.48. The maximum Gasteiger partial charge on any atom is 0.262 e. The summed E-state index contributed by atoms with van der Waals surface area (Å²) in [7, 11) is -3.87. The summed E-state index contributed by atoms with van der Waals surface area (Å²) in [5.74, 6) is -0.199. The number of amides is 2. The van der Waals surface area contributed by atoms with Gasteiger partial charge in [0, 0.05) is 43.3 Å². The number of nitrogens with zero attached hydrogens (tertiary/aromatic N) is 2. The summed E-state index contributed by atoms with van der Waals surface area (Å²) in [4.78, 5) is 31.0. The van der Waals surface area contributed by atoms with Crippen LogP contribution in [0.4, 0.5) is 5.69 Å². The van der Waals surface area contributed by atoms with Crippen LogP contribution in [0.1, 0.15) is 93.2 Å². The Morgan fingerprint density at radius 2 is 1.46 bits per heavy atom. The van der Waals surface area contributed by atoms with E-state index < -0.39 is 15.9 Å². The molecule has 41 heavy (non-hydrogen) atoms. The Morgan fingerprint density at radius 1 is 0.854 bits per heavy atom. The number of rotatable bonds is 9. The van der Waals surface area contributed by atoms with Crippen LogP contribution >= 0.6 is 11.6 Å². The fourth-order valence-corrected chi connectivity index (χ4v) is 7.53.